The number of amides is 3. The van der Waals surface area contributed by atoms with Gasteiger partial charge < -0.3 is 5.32 Å². The second kappa shape index (κ2) is 7.02. The Morgan fingerprint density at radius 1 is 1.36 bits per heavy atom. The second-order valence-corrected chi connectivity index (χ2v) is 6.81. The number of nitrogens with one attached hydrogen (secondary N) is 3. The van der Waals surface area contributed by atoms with Gasteiger partial charge in [0.15, 0.2) is 0 Å². The van der Waals surface area contributed by atoms with Crippen LogP contribution in [0.5, 0.6) is 0 Å². The molecule has 0 spiro atoms. The molecule has 0 saturated carbocycles. The van der Waals surface area contributed by atoms with Gasteiger partial charge >= 0.3 is 0 Å². The molecule has 0 aromatic heterocycles. The number of fused-ring (bicyclic) bond motifs is 1. The van der Waals surface area contributed by atoms with E-state index in [-0.39, 0.29) is 24.2 Å². The zero-order chi connectivity index (χ0) is 16.3. The minimum absolute atomic E-state index is 0.0308. The maximum absolute atomic E-state index is 12.0. The standard InChI is InChI=1S/C14H16ClN3O3S/c1-7(2)13(20)18-17-12(19)6-11-14(21)16-9-5-8(15)3-4-10(9)22-11/h3-5,7,11H,6H2,1-2H3,(H,16,21)(H,17,19)(H,18,20)/t11-/m0/s1. The van der Waals surface area contributed by atoms with E-state index in [9.17, 15) is 14.4 Å². The van der Waals surface area contributed by atoms with Crippen molar-refractivity contribution < 1.29 is 14.4 Å². The van der Waals surface area contributed by atoms with Gasteiger partial charge in [-0.25, -0.2) is 0 Å². The van der Waals surface area contributed by atoms with Crippen molar-refractivity contribution >= 4 is 46.8 Å². The van der Waals surface area contributed by atoms with E-state index < -0.39 is 11.2 Å². The van der Waals surface area contributed by atoms with E-state index in [0.29, 0.717) is 10.7 Å². The summed E-state index contributed by atoms with van der Waals surface area (Å²) in [5, 5.41) is 2.71. The molecule has 3 N–H and O–H groups in total. The molecule has 0 bridgehead atoms. The number of benzene rings is 1. The average molecular weight is 342 g/mol. The van der Waals surface area contributed by atoms with Gasteiger partial charge in [-0.3, -0.25) is 25.2 Å². The second-order valence-electron chi connectivity index (χ2n) is 5.13. The highest BCUT2D eigenvalue weighted by molar-refractivity contribution is 8.01. The molecule has 118 valence electrons. The SMILES string of the molecule is CC(C)C(=O)NNC(=O)C[C@@H]1Sc2ccc(Cl)cc2NC1=O. The Morgan fingerprint density at radius 2 is 2.09 bits per heavy atom. The van der Waals surface area contributed by atoms with E-state index in [0.717, 1.165) is 4.90 Å². The van der Waals surface area contributed by atoms with Crippen LogP contribution in [0.4, 0.5) is 5.69 Å². The molecule has 2 rings (SSSR count). The predicted molar refractivity (Wildman–Crippen MR) is 85.5 cm³/mol. The van der Waals surface area contributed by atoms with Gasteiger partial charge in [0.25, 0.3) is 0 Å². The molecule has 3 amide bonds. The van der Waals surface area contributed by atoms with Crippen LogP contribution in [0.1, 0.15) is 20.3 Å². The summed E-state index contributed by atoms with van der Waals surface area (Å²) in [4.78, 5) is 36.0. The quantitative estimate of drug-likeness (QED) is 0.733. The van der Waals surface area contributed by atoms with Crippen LogP contribution in [0.25, 0.3) is 0 Å². The molecule has 0 radical (unpaired) electrons. The molecule has 1 aliphatic rings. The number of carbonyl (C=O) groups is 3. The Balaban J connectivity index is 1.93. The van der Waals surface area contributed by atoms with Crippen LogP contribution in [-0.4, -0.2) is 23.0 Å². The van der Waals surface area contributed by atoms with Crippen molar-refractivity contribution in [2.75, 3.05) is 5.32 Å². The van der Waals surface area contributed by atoms with Gasteiger partial charge in [0, 0.05) is 22.3 Å². The molecular formula is C14H16ClN3O3S. The first-order chi connectivity index (χ1) is 10.4. The first-order valence-electron chi connectivity index (χ1n) is 6.72. The molecule has 0 fully saturated rings. The van der Waals surface area contributed by atoms with Gasteiger partial charge in [0.2, 0.25) is 17.7 Å². The van der Waals surface area contributed by atoms with Crippen molar-refractivity contribution in [3.05, 3.63) is 23.2 Å². The lowest BCUT2D eigenvalue weighted by Crippen LogP contribution is -2.45. The van der Waals surface area contributed by atoms with Crippen molar-refractivity contribution in [3.63, 3.8) is 0 Å². The van der Waals surface area contributed by atoms with Crippen molar-refractivity contribution in [1.29, 1.82) is 0 Å². The largest absolute Gasteiger partial charge is 0.324 e. The molecule has 6 nitrogen and oxygen atoms in total. The van der Waals surface area contributed by atoms with Gasteiger partial charge in [-0.2, -0.15) is 0 Å². The lowest BCUT2D eigenvalue weighted by molar-refractivity contribution is -0.131. The predicted octanol–water partition coefficient (Wildman–Crippen LogP) is 1.95. The van der Waals surface area contributed by atoms with Crippen molar-refractivity contribution in [3.8, 4) is 0 Å². The van der Waals surface area contributed by atoms with Gasteiger partial charge in [-0.1, -0.05) is 25.4 Å². The van der Waals surface area contributed by atoms with E-state index in [1.165, 1.54) is 11.8 Å². The van der Waals surface area contributed by atoms with Crippen LogP contribution < -0.4 is 16.2 Å². The summed E-state index contributed by atoms with van der Waals surface area (Å²) < 4.78 is 0. The smallest absolute Gasteiger partial charge is 0.240 e. The maximum Gasteiger partial charge on any atom is 0.240 e. The van der Waals surface area contributed by atoms with Crippen LogP contribution in [0, 0.1) is 5.92 Å². The molecule has 0 aliphatic carbocycles. The average Bonchev–Trinajstić information content (AvgIpc) is 2.45. The Morgan fingerprint density at radius 3 is 2.77 bits per heavy atom. The molecule has 8 heteroatoms. The monoisotopic (exact) mass is 341 g/mol. The molecule has 1 atom stereocenters. The van der Waals surface area contributed by atoms with Crippen LogP contribution >= 0.6 is 23.4 Å². The molecule has 0 saturated heterocycles. The highest BCUT2D eigenvalue weighted by atomic mass is 35.5. The minimum atomic E-state index is -0.551. The number of anilines is 1. The number of hydrazine groups is 1. The third kappa shape index (κ3) is 4.14. The van der Waals surface area contributed by atoms with E-state index in [2.05, 4.69) is 16.2 Å². The number of halogens is 1. The van der Waals surface area contributed by atoms with Gasteiger partial charge in [-0.15, -0.1) is 11.8 Å². The lowest BCUT2D eigenvalue weighted by atomic mass is 10.2. The zero-order valence-corrected chi connectivity index (χ0v) is 13.7. The van der Waals surface area contributed by atoms with E-state index in [1.54, 1.807) is 32.0 Å². The van der Waals surface area contributed by atoms with Gasteiger partial charge in [0.05, 0.1) is 10.9 Å². The summed E-state index contributed by atoms with van der Waals surface area (Å²) in [5.74, 6) is -1.19. The number of hydrogen-bond acceptors (Lipinski definition) is 4. The molecule has 1 heterocycles. The maximum atomic E-state index is 12.0. The fourth-order valence-electron chi connectivity index (χ4n) is 1.75. The number of carbonyl (C=O) groups excluding carboxylic acids is 3. The summed E-state index contributed by atoms with van der Waals surface area (Å²) in [6.45, 7) is 3.43. The van der Waals surface area contributed by atoms with Crippen LogP contribution in [0.15, 0.2) is 23.1 Å². The minimum Gasteiger partial charge on any atom is -0.324 e. The Bertz CT molecular complexity index is 621. The molecule has 1 aromatic carbocycles. The Labute approximate surface area is 137 Å². The summed E-state index contributed by atoms with van der Waals surface area (Å²) in [6, 6.07) is 5.19. The zero-order valence-electron chi connectivity index (χ0n) is 12.1. The van der Waals surface area contributed by atoms with E-state index in [4.69, 9.17) is 11.6 Å². The van der Waals surface area contributed by atoms with E-state index in [1.807, 2.05) is 0 Å². The van der Waals surface area contributed by atoms with Gasteiger partial charge in [0.1, 0.15) is 0 Å². The highest BCUT2D eigenvalue weighted by Crippen LogP contribution is 2.38. The Kier molecular flexibility index (Phi) is 5.31. The summed E-state index contributed by atoms with van der Waals surface area (Å²) in [7, 11) is 0. The van der Waals surface area contributed by atoms with Gasteiger partial charge in [-0.05, 0) is 18.2 Å². The number of thioether (sulfide) groups is 1. The molecule has 1 aliphatic heterocycles. The third-order valence-electron chi connectivity index (χ3n) is 2.98. The molecule has 0 unspecified atom stereocenters. The van der Waals surface area contributed by atoms with Crippen LogP contribution in [-0.2, 0) is 14.4 Å². The molecule has 1 aromatic rings. The van der Waals surface area contributed by atoms with E-state index >= 15 is 0 Å². The molecular weight excluding hydrogens is 326 g/mol. The fourth-order valence-corrected chi connectivity index (χ4v) is 3.01. The number of hydrogen-bond donors (Lipinski definition) is 3. The van der Waals surface area contributed by atoms with Crippen molar-refractivity contribution in [2.24, 2.45) is 5.92 Å². The first kappa shape index (κ1) is 16.6. The third-order valence-corrected chi connectivity index (χ3v) is 4.49. The number of rotatable bonds is 3. The summed E-state index contributed by atoms with van der Waals surface area (Å²) in [6.07, 6.45) is -0.0308. The normalized spacial score (nSPS) is 16.7. The fraction of sp³-hybridized carbons (Fsp3) is 0.357. The Hall–Kier alpha value is -1.73. The first-order valence-corrected chi connectivity index (χ1v) is 7.98. The van der Waals surface area contributed by atoms with Crippen LogP contribution in [0.3, 0.4) is 0 Å². The highest BCUT2D eigenvalue weighted by Gasteiger charge is 2.29. The summed E-state index contributed by atoms with van der Waals surface area (Å²) >= 11 is 7.18. The van der Waals surface area contributed by atoms with Crippen molar-refractivity contribution in [2.45, 2.75) is 30.4 Å². The topological polar surface area (TPSA) is 87.3 Å². The lowest BCUT2D eigenvalue weighted by Gasteiger charge is -2.23. The molecule has 22 heavy (non-hydrogen) atoms. The van der Waals surface area contributed by atoms with Crippen LogP contribution in [0.2, 0.25) is 5.02 Å². The van der Waals surface area contributed by atoms with Crippen molar-refractivity contribution in [1.82, 2.24) is 10.9 Å². The summed E-state index contributed by atoms with van der Waals surface area (Å²) in [5.41, 5.74) is 5.27.